The van der Waals surface area contributed by atoms with Gasteiger partial charge in [0.15, 0.2) is 0 Å². The maximum Gasteiger partial charge on any atom is 0.259 e. The summed E-state index contributed by atoms with van der Waals surface area (Å²) in [7, 11) is 0. The molecule has 4 aromatic rings. The second-order valence-corrected chi connectivity index (χ2v) is 7.57. The van der Waals surface area contributed by atoms with E-state index in [1.807, 2.05) is 36.4 Å². The summed E-state index contributed by atoms with van der Waals surface area (Å²) in [4.78, 5) is 26.4. The van der Waals surface area contributed by atoms with Crippen molar-refractivity contribution in [3.63, 3.8) is 0 Å². The van der Waals surface area contributed by atoms with Crippen LogP contribution in [0.5, 0.6) is 0 Å². The van der Waals surface area contributed by atoms with Gasteiger partial charge >= 0.3 is 0 Å². The lowest BCUT2D eigenvalue weighted by Crippen LogP contribution is -2.36. The van der Waals surface area contributed by atoms with Crippen molar-refractivity contribution in [3.05, 3.63) is 76.8 Å². The monoisotopic (exact) mass is 439 g/mol. The second-order valence-electron chi connectivity index (χ2n) is 7.57. The zero-order valence-electron chi connectivity index (χ0n) is 17.7. The molecule has 5 rings (SSSR count). The highest BCUT2D eigenvalue weighted by molar-refractivity contribution is 5.94. The van der Waals surface area contributed by atoms with E-state index in [1.54, 1.807) is 24.4 Å². The molecule has 3 N–H and O–H groups in total. The fourth-order valence-electron chi connectivity index (χ4n) is 3.75. The van der Waals surface area contributed by atoms with Crippen LogP contribution in [0.15, 0.2) is 65.7 Å². The number of nitriles is 1. The van der Waals surface area contributed by atoms with Crippen LogP contribution in [-0.2, 0) is 4.74 Å². The third kappa shape index (κ3) is 4.46. The minimum absolute atomic E-state index is 0.226. The highest BCUT2D eigenvalue weighted by atomic mass is 16.5. The fourth-order valence-corrected chi connectivity index (χ4v) is 3.75. The topological polar surface area (TPSA) is 119 Å². The summed E-state index contributed by atoms with van der Waals surface area (Å²) in [5, 5.41) is 16.6. The van der Waals surface area contributed by atoms with E-state index in [0.717, 1.165) is 43.1 Å². The average molecular weight is 439 g/mol. The molecule has 0 aliphatic carbocycles. The molecule has 0 spiro atoms. The predicted molar refractivity (Wildman–Crippen MR) is 127 cm³/mol. The Kier molecular flexibility index (Phi) is 5.57. The number of rotatable bonds is 5. The van der Waals surface area contributed by atoms with E-state index >= 15 is 0 Å². The number of nitrogens with one attached hydrogen (secondary N) is 3. The van der Waals surface area contributed by atoms with Crippen LogP contribution in [0.25, 0.3) is 10.8 Å². The quantitative estimate of drug-likeness (QED) is 0.432. The van der Waals surface area contributed by atoms with Crippen molar-refractivity contribution in [2.45, 2.75) is 0 Å². The lowest BCUT2D eigenvalue weighted by Gasteiger charge is -2.28. The Bertz CT molecular complexity index is 1370. The molecule has 1 aliphatic heterocycles. The third-order valence-corrected chi connectivity index (χ3v) is 5.41. The number of benzene rings is 1. The van der Waals surface area contributed by atoms with Crippen LogP contribution in [0.4, 0.5) is 28.8 Å². The summed E-state index contributed by atoms with van der Waals surface area (Å²) in [5.41, 5.74) is 2.19. The van der Waals surface area contributed by atoms with Gasteiger partial charge in [-0.05, 0) is 53.9 Å². The molecule has 4 heterocycles. The minimum atomic E-state index is -0.226. The Morgan fingerprint density at radius 3 is 2.58 bits per heavy atom. The van der Waals surface area contributed by atoms with Gasteiger partial charge in [0.25, 0.3) is 5.56 Å². The van der Waals surface area contributed by atoms with Crippen molar-refractivity contribution in [1.29, 1.82) is 5.26 Å². The van der Waals surface area contributed by atoms with E-state index in [0.29, 0.717) is 28.4 Å². The number of H-pyrrole nitrogens is 1. The maximum atomic E-state index is 12.6. The van der Waals surface area contributed by atoms with Crippen molar-refractivity contribution >= 4 is 39.6 Å². The average Bonchev–Trinajstić information content (AvgIpc) is 2.85. The number of anilines is 5. The first-order chi connectivity index (χ1) is 16.2. The van der Waals surface area contributed by atoms with Gasteiger partial charge in [0.1, 0.15) is 23.5 Å². The van der Waals surface area contributed by atoms with Crippen LogP contribution < -0.4 is 21.1 Å². The highest BCUT2D eigenvalue weighted by Gasteiger charge is 2.13. The Hall–Kier alpha value is -4.42. The van der Waals surface area contributed by atoms with Gasteiger partial charge in [-0.25, -0.2) is 9.97 Å². The zero-order chi connectivity index (χ0) is 22.6. The van der Waals surface area contributed by atoms with E-state index in [1.165, 1.54) is 6.20 Å². The molecule has 1 aliphatic rings. The largest absolute Gasteiger partial charge is 0.378 e. The number of nitrogens with zero attached hydrogens (tertiary/aromatic N) is 4. The van der Waals surface area contributed by atoms with E-state index in [9.17, 15) is 4.79 Å². The molecule has 0 unspecified atom stereocenters. The van der Waals surface area contributed by atoms with Gasteiger partial charge in [0.2, 0.25) is 0 Å². The molecule has 1 aromatic carbocycles. The number of pyridine rings is 3. The van der Waals surface area contributed by atoms with Crippen molar-refractivity contribution in [3.8, 4) is 6.07 Å². The molecule has 0 radical (unpaired) electrons. The van der Waals surface area contributed by atoms with Gasteiger partial charge in [-0.3, -0.25) is 4.79 Å². The molecule has 164 valence electrons. The lowest BCUT2D eigenvalue weighted by atomic mass is 10.2. The normalized spacial score (nSPS) is 13.5. The smallest absolute Gasteiger partial charge is 0.259 e. The maximum absolute atomic E-state index is 12.6. The van der Waals surface area contributed by atoms with E-state index in [2.05, 4.69) is 30.5 Å². The first-order valence-corrected chi connectivity index (χ1v) is 10.5. The third-order valence-electron chi connectivity index (χ3n) is 5.41. The Morgan fingerprint density at radius 1 is 1.03 bits per heavy atom. The number of aromatic amines is 1. The fraction of sp³-hybridized carbons (Fsp3) is 0.167. The number of fused-ring (bicyclic) bond motifs is 1. The van der Waals surface area contributed by atoms with Crippen LogP contribution in [0, 0.1) is 11.3 Å². The summed E-state index contributed by atoms with van der Waals surface area (Å²) in [6.45, 7) is 3.19. The van der Waals surface area contributed by atoms with Crippen LogP contribution in [0.1, 0.15) is 5.56 Å². The van der Waals surface area contributed by atoms with Gasteiger partial charge in [0, 0.05) is 36.9 Å². The molecule has 33 heavy (non-hydrogen) atoms. The van der Waals surface area contributed by atoms with Gasteiger partial charge < -0.3 is 25.3 Å². The molecule has 1 fully saturated rings. The van der Waals surface area contributed by atoms with Crippen LogP contribution in [0.2, 0.25) is 0 Å². The summed E-state index contributed by atoms with van der Waals surface area (Å²) >= 11 is 0. The molecule has 0 saturated carbocycles. The highest BCUT2D eigenvalue weighted by Crippen LogP contribution is 2.27. The van der Waals surface area contributed by atoms with Crippen molar-refractivity contribution in [2.24, 2.45) is 0 Å². The Balaban J connectivity index is 1.45. The van der Waals surface area contributed by atoms with Crippen LogP contribution >= 0.6 is 0 Å². The molecule has 0 amide bonds. The van der Waals surface area contributed by atoms with E-state index < -0.39 is 0 Å². The lowest BCUT2D eigenvalue weighted by molar-refractivity contribution is 0.122. The minimum Gasteiger partial charge on any atom is -0.378 e. The molecule has 9 nitrogen and oxygen atoms in total. The second kappa shape index (κ2) is 8.98. The summed E-state index contributed by atoms with van der Waals surface area (Å²) in [6, 6.07) is 17.1. The Labute approximate surface area is 189 Å². The van der Waals surface area contributed by atoms with Gasteiger partial charge in [-0.2, -0.15) is 5.26 Å². The molecule has 1 saturated heterocycles. The SMILES string of the molecule is N#Cc1ccc(Nc2cc3cc[nH]c(=O)c3c(Nc3ccc(N4CCOCC4)cc3)n2)nc1. The summed E-state index contributed by atoms with van der Waals surface area (Å²) in [6.07, 6.45) is 3.10. The number of morpholine rings is 1. The number of ether oxygens (including phenoxy) is 1. The van der Waals surface area contributed by atoms with Gasteiger partial charge in [-0.15, -0.1) is 0 Å². The van der Waals surface area contributed by atoms with Gasteiger partial charge in [0.05, 0.1) is 24.2 Å². The van der Waals surface area contributed by atoms with Crippen molar-refractivity contribution in [2.75, 3.05) is 41.8 Å². The first kappa shape index (κ1) is 20.5. The number of aromatic nitrogens is 3. The molecule has 3 aromatic heterocycles. The van der Waals surface area contributed by atoms with Crippen molar-refractivity contribution < 1.29 is 4.74 Å². The molecular formula is C24H21N7O2. The first-order valence-electron chi connectivity index (χ1n) is 10.5. The molecule has 0 atom stereocenters. The standard InChI is InChI=1S/C24H21N7O2/c25-14-16-1-6-20(27-15-16)29-21-13-17-7-8-26-24(32)22(17)23(30-21)28-18-2-4-19(5-3-18)31-9-11-33-12-10-31/h1-8,13,15H,9-12H2,(H,26,32)(H2,27,28,29,30). The zero-order valence-corrected chi connectivity index (χ0v) is 17.7. The molecular weight excluding hydrogens is 418 g/mol. The van der Waals surface area contributed by atoms with Crippen molar-refractivity contribution in [1.82, 2.24) is 15.0 Å². The predicted octanol–water partition coefficient (Wildman–Crippen LogP) is 3.51. The molecule has 9 heteroatoms. The Morgan fingerprint density at radius 2 is 1.85 bits per heavy atom. The van der Waals surface area contributed by atoms with Crippen LogP contribution in [0.3, 0.4) is 0 Å². The van der Waals surface area contributed by atoms with Gasteiger partial charge in [-0.1, -0.05) is 0 Å². The summed E-state index contributed by atoms with van der Waals surface area (Å²) < 4.78 is 5.42. The summed E-state index contributed by atoms with van der Waals surface area (Å²) in [5.74, 6) is 1.51. The molecule has 0 bridgehead atoms. The number of hydrogen-bond acceptors (Lipinski definition) is 8. The van der Waals surface area contributed by atoms with E-state index in [-0.39, 0.29) is 5.56 Å². The van der Waals surface area contributed by atoms with E-state index in [4.69, 9.17) is 10.00 Å². The number of hydrogen-bond donors (Lipinski definition) is 3. The van der Waals surface area contributed by atoms with Crippen LogP contribution in [-0.4, -0.2) is 41.3 Å².